The van der Waals surface area contributed by atoms with Gasteiger partial charge in [-0.2, -0.15) is 0 Å². The number of carbonyl (C=O) groups excluding carboxylic acids is 1. The lowest BCUT2D eigenvalue weighted by Crippen LogP contribution is -2.25. The molecular formula is C15H26O5. The van der Waals surface area contributed by atoms with Crippen molar-refractivity contribution in [2.45, 2.75) is 78.2 Å². The van der Waals surface area contributed by atoms with E-state index in [1.54, 1.807) is 0 Å². The second kappa shape index (κ2) is 5.62. The van der Waals surface area contributed by atoms with Gasteiger partial charge < -0.3 is 18.9 Å². The van der Waals surface area contributed by atoms with E-state index in [0.29, 0.717) is 6.61 Å². The third kappa shape index (κ3) is 3.93. The molecule has 0 aromatic carbocycles. The lowest BCUT2D eigenvalue weighted by atomic mass is 9.97. The van der Waals surface area contributed by atoms with E-state index in [2.05, 4.69) is 0 Å². The van der Waals surface area contributed by atoms with Crippen molar-refractivity contribution in [1.29, 1.82) is 0 Å². The van der Waals surface area contributed by atoms with Crippen LogP contribution in [0.25, 0.3) is 0 Å². The number of carbonyl (C=O) groups is 1. The van der Waals surface area contributed by atoms with Crippen LogP contribution < -0.4 is 0 Å². The van der Waals surface area contributed by atoms with Gasteiger partial charge in [0.05, 0.1) is 18.1 Å². The number of hydrogen-bond donors (Lipinski definition) is 0. The largest absolute Gasteiger partial charge is 0.465 e. The Morgan fingerprint density at radius 3 is 2.60 bits per heavy atom. The van der Waals surface area contributed by atoms with Crippen LogP contribution in [0.2, 0.25) is 0 Å². The van der Waals surface area contributed by atoms with E-state index in [4.69, 9.17) is 18.9 Å². The molecule has 2 fully saturated rings. The Morgan fingerprint density at radius 2 is 2.00 bits per heavy atom. The molecule has 2 heterocycles. The minimum atomic E-state index is -0.539. The third-order valence-corrected chi connectivity index (χ3v) is 3.48. The van der Waals surface area contributed by atoms with E-state index in [1.807, 2.05) is 34.6 Å². The van der Waals surface area contributed by atoms with Crippen molar-refractivity contribution in [3.05, 3.63) is 0 Å². The molecule has 0 unspecified atom stereocenters. The Kier molecular flexibility index (Phi) is 4.42. The van der Waals surface area contributed by atoms with Crippen molar-refractivity contribution in [3.8, 4) is 0 Å². The molecule has 5 heteroatoms. The average Bonchev–Trinajstić information content (AvgIpc) is 2.75. The first-order valence-electron chi connectivity index (χ1n) is 7.36. The summed E-state index contributed by atoms with van der Waals surface area (Å²) >= 11 is 0. The molecule has 0 bridgehead atoms. The van der Waals surface area contributed by atoms with Gasteiger partial charge in [-0.05, 0) is 47.5 Å². The van der Waals surface area contributed by atoms with Gasteiger partial charge in [-0.3, -0.25) is 4.79 Å². The molecule has 2 saturated heterocycles. The molecule has 2 aliphatic heterocycles. The number of ether oxygens (including phenoxy) is 4. The van der Waals surface area contributed by atoms with Crippen LogP contribution in [0.4, 0.5) is 0 Å². The van der Waals surface area contributed by atoms with Crippen LogP contribution in [0.1, 0.15) is 53.9 Å². The van der Waals surface area contributed by atoms with Gasteiger partial charge in [-0.25, -0.2) is 0 Å². The van der Waals surface area contributed by atoms with E-state index in [0.717, 1.165) is 19.3 Å². The molecule has 2 aliphatic rings. The smallest absolute Gasteiger partial charge is 0.311 e. The van der Waals surface area contributed by atoms with Gasteiger partial charge in [0.15, 0.2) is 12.1 Å². The molecule has 0 saturated carbocycles. The summed E-state index contributed by atoms with van der Waals surface area (Å²) < 4.78 is 22.5. The Bertz CT molecular complexity index is 342. The fourth-order valence-electron chi connectivity index (χ4n) is 2.46. The van der Waals surface area contributed by atoms with Crippen molar-refractivity contribution < 1.29 is 23.7 Å². The van der Waals surface area contributed by atoms with Crippen LogP contribution in [0, 0.1) is 5.41 Å². The molecular weight excluding hydrogens is 260 g/mol. The second-order valence-electron chi connectivity index (χ2n) is 7.06. The quantitative estimate of drug-likeness (QED) is 0.587. The maximum atomic E-state index is 11.6. The zero-order valence-electron chi connectivity index (χ0n) is 13.1. The SMILES string of the molecule is CC1(C)O[C@H]2O[C@@H](CCCOC(=O)C(C)(C)C)C[C@H]2O1. The van der Waals surface area contributed by atoms with Crippen LogP contribution in [-0.4, -0.2) is 36.9 Å². The monoisotopic (exact) mass is 286 g/mol. The van der Waals surface area contributed by atoms with Gasteiger partial charge in [-0.1, -0.05) is 0 Å². The fraction of sp³-hybridized carbons (Fsp3) is 0.933. The molecule has 2 rings (SSSR count). The lowest BCUT2D eigenvalue weighted by Gasteiger charge is -2.20. The number of hydrogen-bond acceptors (Lipinski definition) is 5. The zero-order valence-corrected chi connectivity index (χ0v) is 13.1. The molecule has 0 aromatic heterocycles. The first kappa shape index (κ1) is 15.7. The van der Waals surface area contributed by atoms with Gasteiger partial charge in [0.25, 0.3) is 0 Å². The standard InChI is InChI=1S/C15H26O5/c1-14(2,3)13(16)17-8-6-7-10-9-11-12(18-10)20-15(4,5)19-11/h10-12H,6-9H2,1-5H3/t10-,11+,12+/m0/s1. The van der Waals surface area contributed by atoms with Crippen LogP contribution in [0.3, 0.4) is 0 Å². The Balaban J connectivity index is 1.62. The zero-order chi connectivity index (χ0) is 15.0. The van der Waals surface area contributed by atoms with Crippen LogP contribution >= 0.6 is 0 Å². The van der Waals surface area contributed by atoms with Crippen molar-refractivity contribution >= 4 is 5.97 Å². The molecule has 0 spiro atoms. The van der Waals surface area contributed by atoms with E-state index in [1.165, 1.54) is 0 Å². The number of fused-ring (bicyclic) bond motifs is 1. The summed E-state index contributed by atoms with van der Waals surface area (Å²) in [5.41, 5.74) is -0.436. The molecule has 5 nitrogen and oxygen atoms in total. The molecule has 20 heavy (non-hydrogen) atoms. The average molecular weight is 286 g/mol. The molecule has 0 radical (unpaired) electrons. The second-order valence-corrected chi connectivity index (χ2v) is 7.06. The highest BCUT2D eigenvalue weighted by atomic mass is 16.8. The number of rotatable bonds is 4. The summed E-state index contributed by atoms with van der Waals surface area (Å²) in [4.78, 5) is 11.6. The van der Waals surface area contributed by atoms with Crippen molar-refractivity contribution in [2.75, 3.05) is 6.61 Å². The van der Waals surface area contributed by atoms with E-state index < -0.39 is 11.2 Å². The van der Waals surface area contributed by atoms with Gasteiger partial charge in [0.1, 0.15) is 6.10 Å². The third-order valence-electron chi connectivity index (χ3n) is 3.48. The molecule has 116 valence electrons. The van der Waals surface area contributed by atoms with Gasteiger partial charge >= 0.3 is 5.97 Å². The molecule has 0 aromatic rings. The van der Waals surface area contributed by atoms with Crippen molar-refractivity contribution in [2.24, 2.45) is 5.41 Å². The van der Waals surface area contributed by atoms with Crippen molar-refractivity contribution in [3.63, 3.8) is 0 Å². The highest BCUT2D eigenvalue weighted by Crippen LogP contribution is 2.38. The lowest BCUT2D eigenvalue weighted by molar-refractivity contribution is -0.205. The molecule has 0 aliphatic carbocycles. The predicted molar refractivity (Wildman–Crippen MR) is 73.0 cm³/mol. The van der Waals surface area contributed by atoms with E-state index in [9.17, 15) is 4.79 Å². The minimum Gasteiger partial charge on any atom is -0.465 e. The Labute approximate surface area is 120 Å². The summed E-state index contributed by atoms with van der Waals surface area (Å²) in [5.74, 6) is -0.696. The van der Waals surface area contributed by atoms with E-state index in [-0.39, 0.29) is 24.5 Å². The van der Waals surface area contributed by atoms with E-state index >= 15 is 0 Å². The van der Waals surface area contributed by atoms with Gasteiger partial charge in [0.2, 0.25) is 0 Å². The van der Waals surface area contributed by atoms with Gasteiger partial charge in [0, 0.05) is 6.42 Å². The normalized spacial score (nSPS) is 32.1. The fourth-order valence-corrected chi connectivity index (χ4v) is 2.46. The maximum absolute atomic E-state index is 11.6. The summed E-state index contributed by atoms with van der Waals surface area (Å²) in [6.45, 7) is 9.80. The predicted octanol–water partition coefficient (Wildman–Crippen LogP) is 2.62. The van der Waals surface area contributed by atoms with Crippen LogP contribution in [0.15, 0.2) is 0 Å². The molecule has 0 amide bonds. The van der Waals surface area contributed by atoms with Gasteiger partial charge in [-0.15, -0.1) is 0 Å². The van der Waals surface area contributed by atoms with Crippen LogP contribution in [-0.2, 0) is 23.7 Å². The Hall–Kier alpha value is -0.650. The number of esters is 1. The maximum Gasteiger partial charge on any atom is 0.311 e. The highest BCUT2D eigenvalue weighted by molar-refractivity contribution is 5.75. The molecule has 3 atom stereocenters. The highest BCUT2D eigenvalue weighted by Gasteiger charge is 2.48. The topological polar surface area (TPSA) is 54.0 Å². The summed E-state index contributed by atoms with van der Waals surface area (Å²) in [6, 6.07) is 0. The molecule has 0 N–H and O–H groups in total. The van der Waals surface area contributed by atoms with Crippen LogP contribution in [0.5, 0.6) is 0 Å². The summed E-state index contributed by atoms with van der Waals surface area (Å²) in [5, 5.41) is 0. The summed E-state index contributed by atoms with van der Waals surface area (Å²) in [6.07, 6.45) is 2.43. The first-order valence-corrected chi connectivity index (χ1v) is 7.36. The van der Waals surface area contributed by atoms with Crippen molar-refractivity contribution in [1.82, 2.24) is 0 Å². The Morgan fingerprint density at radius 1 is 1.30 bits per heavy atom. The minimum absolute atomic E-state index is 0.0344. The summed E-state index contributed by atoms with van der Waals surface area (Å²) in [7, 11) is 0. The first-order chi connectivity index (χ1) is 9.17.